The smallest absolute Gasteiger partial charge is 0.243 e. The standard InChI is InChI=1S/C39H52N6O5/c1-25(2)20-30(40)36(47)43-32(22-27-14-8-5-9-15-27)38(49)45-34(24-29-18-12-7-13-19-29)39(50)44-33(23-28-16-10-6-11-17-28)37(48)42-31(35(41)46)21-26(3)4/h5-19,25-26,30-34H,20-24,40H2,1-4H3,(H2,41,46)(H,42,48)(H,43,47)(H,44,50)(H,45,49)/t30-,31-,32-,33-,34-/m1/s1. The fourth-order valence-electron chi connectivity index (χ4n) is 5.61. The normalized spacial score (nSPS) is 14.1. The van der Waals surface area contributed by atoms with Gasteiger partial charge in [-0.2, -0.15) is 0 Å². The lowest BCUT2D eigenvalue weighted by molar-refractivity contribution is -0.134. The highest BCUT2D eigenvalue weighted by molar-refractivity contribution is 5.96. The molecule has 268 valence electrons. The first kappa shape index (κ1) is 39.4. The fourth-order valence-corrected chi connectivity index (χ4v) is 5.61. The molecule has 0 heterocycles. The summed E-state index contributed by atoms with van der Waals surface area (Å²) in [6.07, 6.45) is 1.15. The molecule has 0 spiro atoms. The van der Waals surface area contributed by atoms with Gasteiger partial charge in [0.05, 0.1) is 6.04 Å². The average Bonchev–Trinajstić information content (AvgIpc) is 3.07. The summed E-state index contributed by atoms with van der Waals surface area (Å²) in [5.74, 6) is -2.67. The summed E-state index contributed by atoms with van der Waals surface area (Å²) in [6.45, 7) is 7.73. The molecule has 3 aromatic carbocycles. The van der Waals surface area contributed by atoms with Gasteiger partial charge in [0.25, 0.3) is 0 Å². The molecule has 3 aromatic rings. The van der Waals surface area contributed by atoms with E-state index in [9.17, 15) is 24.0 Å². The molecule has 8 N–H and O–H groups in total. The summed E-state index contributed by atoms with van der Waals surface area (Å²) in [5.41, 5.74) is 14.1. The maximum Gasteiger partial charge on any atom is 0.243 e. The fraction of sp³-hybridized carbons (Fsp3) is 0.410. The van der Waals surface area contributed by atoms with E-state index in [2.05, 4.69) is 21.3 Å². The molecular formula is C39H52N6O5. The number of amides is 5. The molecule has 0 saturated carbocycles. The number of carbonyl (C=O) groups is 5. The monoisotopic (exact) mass is 684 g/mol. The predicted molar refractivity (Wildman–Crippen MR) is 194 cm³/mol. The number of primary amides is 1. The van der Waals surface area contributed by atoms with Crippen LogP contribution in [0.1, 0.15) is 57.2 Å². The Hall–Kier alpha value is -5.03. The summed E-state index contributed by atoms with van der Waals surface area (Å²) in [6, 6.07) is 22.5. The van der Waals surface area contributed by atoms with Gasteiger partial charge in [0.1, 0.15) is 24.2 Å². The molecular weight excluding hydrogens is 632 g/mol. The van der Waals surface area contributed by atoms with Crippen LogP contribution in [0.4, 0.5) is 0 Å². The first-order chi connectivity index (χ1) is 23.8. The van der Waals surface area contributed by atoms with Crippen molar-refractivity contribution in [3.05, 3.63) is 108 Å². The predicted octanol–water partition coefficient (Wildman–Crippen LogP) is 2.56. The van der Waals surface area contributed by atoms with Crippen LogP contribution in [0.25, 0.3) is 0 Å². The van der Waals surface area contributed by atoms with Crippen molar-refractivity contribution in [3.8, 4) is 0 Å². The van der Waals surface area contributed by atoms with Gasteiger partial charge in [-0.25, -0.2) is 0 Å². The molecule has 0 bridgehead atoms. The number of benzene rings is 3. The number of nitrogens with one attached hydrogen (secondary N) is 4. The Balaban J connectivity index is 1.91. The Morgan fingerprint density at radius 3 is 1.08 bits per heavy atom. The number of carbonyl (C=O) groups excluding carboxylic acids is 5. The van der Waals surface area contributed by atoms with E-state index in [1.807, 2.05) is 119 Å². The molecule has 0 radical (unpaired) electrons. The van der Waals surface area contributed by atoms with Crippen LogP contribution in [0.15, 0.2) is 91.0 Å². The molecule has 0 saturated heterocycles. The number of hydrogen-bond donors (Lipinski definition) is 6. The first-order valence-corrected chi connectivity index (χ1v) is 17.2. The minimum Gasteiger partial charge on any atom is -0.368 e. The minimum atomic E-state index is -1.13. The highest BCUT2D eigenvalue weighted by Gasteiger charge is 2.32. The van der Waals surface area contributed by atoms with Gasteiger partial charge < -0.3 is 32.7 Å². The summed E-state index contributed by atoms with van der Waals surface area (Å²) < 4.78 is 0. The van der Waals surface area contributed by atoms with Crippen LogP contribution in [0.5, 0.6) is 0 Å². The van der Waals surface area contributed by atoms with Crippen molar-refractivity contribution < 1.29 is 24.0 Å². The molecule has 50 heavy (non-hydrogen) atoms. The molecule has 0 aliphatic heterocycles. The third kappa shape index (κ3) is 13.5. The second kappa shape index (κ2) is 19.8. The summed E-state index contributed by atoms with van der Waals surface area (Å²) >= 11 is 0. The summed E-state index contributed by atoms with van der Waals surface area (Å²) in [7, 11) is 0. The molecule has 0 aromatic heterocycles. The van der Waals surface area contributed by atoms with Gasteiger partial charge in [-0.15, -0.1) is 0 Å². The van der Waals surface area contributed by atoms with E-state index in [1.54, 1.807) is 0 Å². The van der Waals surface area contributed by atoms with Crippen LogP contribution in [0.2, 0.25) is 0 Å². The summed E-state index contributed by atoms with van der Waals surface area (Å²) in [4.78, 5) is 67.1. The SMILES string of the molecule is CC(C)C[C@@H](N)C(=O)N[C@H](Cc1ccccc1)C(=O)N[C@H](Cc1ccccc1)C(=O)N[C@H](Cc1ccccc1)C(=O)N[C@H](CC(C)C)C(N)=O. The minimum absolute atomic E-state index is 0.0738. The lowest BCUT2D eigenvalue weighted by atomic mass is 9.99. The zero-order valence-corrected chi connectivity index (χ0v) is 29.4. The van der Waals surface area contributed by atoms with E-state index < -0.39 is 59.7 Å². The van der Waals surface area contributed by atoms with Gasteiger partial charge in [0, 0.05) is 19.3 Å². The molecule has 0 fully saturated rings. The third-order valence-electron chi connectivity index (χ3n) is 8.18. The molecule has 0 unspecified atom stereocenters. The van der Waals surface area contributed by atoms with Crippen molar-refractivity contribution >= 4 is 29.5 Å². The van der Waals surface area contributed by atoms with Gasteiger partial charge in [-0.3, -0.25) is 24.0 Å². The Labute approximate surface area is 295 Å². The molecule has 3 rings (SSSR count). The third-order valence-corrected chi connectivity index (χ3v) is 8.18. The number of nitrogens with two attached hydrogens (primary N) is 2. The molecule has 11 heteroatoms. The molecule has 5 atom stereocenters. The molecule has 0 aliphatic carbocycles. The summed E-state index contributed by atoms with van der Waals surface area (Å²) in [5, 5.41) is 11.2. The highest BCUT2D eigenvalue weighted by atomic mass is 16.2. The first-order valence-electron chi connectivity index (χ1n) is 17.2. The molecule has 11 nitrogen and oxygen atoms in total. The van der Waals surface area contributed by atoms with Crippen molar-refractivity contribution in [1.29, 1.82) is 0 Å². The van der Waals surface area contributed by atoms with Crippen molar-refractivity contribution in [2.75, 3.05) is 0 Å². The maximum absolute atomic E-state index is 14.1. The van der Waals surface area contributed by atoms with Crippen LogP contribution < -0.4 is 32.7 Å². The lowest BCUT2D eigenvalue weighted by Crippen LogP contribution is -2.60. The highest BCUT2D eigenvalue weighted by Crippen LogP contribution is 2.11. The van der Waals surface area contributed by atoms with E-state index in [0.717, 1.165) is 16.7 Å². The maximum atomic E-state index is 14.1. The Morgan fingerprint density at radius 1 is 0.480 bits per heavy atom. The largest absolute Gasteiger partial charge is 0.368 e. The van der Waals surface area contributed by atoms with Gasteiger partial charge in [-0.05, 0) is 41.4 Å². The Bertz CT molecular complexity index is 1530. The van der Waals surface area contributed by atoms with Crippen LogP contribution in [0, 0.1) is 11.8 Å². The second-order valence-electron chi connectivity index (χ2n) is 13.6. The van der Waals surface area contributed by atoms with Gasteiger partial charge >= 0.3 is 0 Å². The van der Waals surface area contributed by atoms with Crippen LogP contribution in [-0.4, -0.2) is 59.7 Å². The number of rotatable bonds is 19. The zero-order valence-electron chi connectivity index (χ0n) is 29.4. The van der Waals surface area contributed by atoms with Crippen LogP contribution >= 0.6 is 0 Å². The van der Waals surface area contributed by atoms with E-state index >= 15 is 0 Å². The van der Waals surface area contributed by atoms with Crippen molar-refractivity contribution in [3.63, 3.8) is 0 Å². The van der Waals surface area contributed by atoms with E-state index in [1.165, 1.54) is 0 Å². The van der Waals surface area contributed by atoms with Crippen LogP contribution in [0.3, 0.4) is 0 Å². The lowest BCUT2D eigenvalue weighted by Gasteiger charge is -2.27. The number of hydrogen-bond acceptors (Lipinski definition) is 6. The Kier molecular flexibility index (Phi) is 15.6. The Morgan fingerprint density at radius 2 is 0.780 bits per heavy atom. The van der Waals surface area contributed by atoms with Gasteiger partial charge in [-0.1, -0.05) is 119 Å². The van der Waals surface area contributed by atoms with Crippen molar-refractivity contribution in [1.82, 2.24) is 21.3 Å². The van der Waals surface area contributed by atoms with E-state index in [-0.39, 0.29) is 31.1 Å². The van der Waals surface area contributed by atoms with Crippen molar-refractivity contribution in [2.24, 2.45) is 23.3 Å². The van der Waals surface area contributed by atoms with Crippen molar-refractivity contribution in [2.45, 2.75) is 90.0 Å². The second-order valence-corrected chi connectivity index (χ2v) is 13.6. The zero-order chi connectivity index (χ0) is 36.6. The van der Waals surface area contributed by atoms with Gasteiger partial charge in [0.15, 0.2) is 0 Å². The molecule has 5 amide bonds. The quantitative estimate of drug-likeness (QED) is 0.113. The van der Waals surface area contributed by atoms with E-state index in [4.69, 9.17) is 11.5 Å². The van der Waals surface area contributed by atoms with Gasteiger partial charge in [0.2, 0.25) is 29.5 Å². The molecule has 0 aliphatic rings. The van der Waals surface area contributed by atoms with E-state index in [0.29, 0.717) is 12.8 Å². The average molecular weight is 685 g/mol. The topological polar surface area (TPSA) is 186 Å². The van der Waals surface area contributed by atoms with Crippen LogP contribution in [-0.2, 0) is 43.2 Å².